The number of carbonyl (C=O) groups excluding carboxylic acids is 2. The van der Waals surface area contributed by atoms with Gasteiger partial charge in [0.05, 0.1) is 12.1 Å². The van der Waals surface area contributed by atoms with E-state index in [-0.39, 0.29) is 24.4 Å². The van der Waals surface area contributed by atoms with Gasteiger partial charge in [0, 0.05) is 22.7 Å². The largest absolute Gasteiger partial charge is 0.352 e. The second kappa shape index (κ2) is 9.98. The summed E-state index contributed by atoms with van der Waals surface area (Å²) in [5, 5.41) is 5.73. The van der Waals surface area contributed by atoms with E-state index in [9.17, 15) is 9.59 Å². The van der Waals surface area contributed by atoms with Gasteiger partial charge in [0.2, 0.25) is 5.91 Å². The molecule has 24 heavy (non-hydrogen) atoms. The van der Waals surface area contributed by atoms with Crippen molar-refractivity contribution in [3.8, 4) is 0 Å². The van der Waals surface area contributed by atoms with Crippen molar-refractivity contribution >= 4 is 34.4 Å². The van der Waals surface area contributed by atoms with Crippen LogP contribution in [0.2, 0.25) is 0 Å². The Morgan fingerprint density at radius 3 is 2.62 bits per heavy atom. The van der Waals surface area contributed by atoms with Crippen LogP contribution in [-0.4, -0.2) is 48.9 Å². The molecule has 5 nitrogen and oxygen atoms in total. The minimum Gasteiger partial charge on any atom is -0.352 e. The standard InChI is InChI=1S/C18H26IN3O2/c1-2-3-10-22-11-8-14(9-12-22)21-17(23)13-20-18(24)15-6-4-5-7-16(15)19/h4-7,14H,2-3,8-13H2,1H3,(H,20,24)(H,21,23). The number of hydrogen-bond acceptors (Lipinski definition) is 3. The normalized spacial score (nSPS) is 15.9. The van der Waals surface area contributed by atoms with Crippen molar-refractivity contribution in [2.24, 2.45) is 0 Å². The molecule has 2 amide bonds. The Hall–Kier alpha value is -1.15. The molecule has 0 spiro atoms. The van der Waals surface area contributed by atoms with Crippen LogP contribution in [0.3, 0.4) is 0 Å². The average molecular weight is 443 g/mol. The van der Waals surface area contributed by atoms with Crippen LogP contribution >= 0.6 is 22.6 Å². The fraction of sp³-hybridized carbons (Fsp3) is 0.556. The highest BCUT2D eigenvalue weighted by Gasteiger charge is 2.20. The fourth-order valence-corrected chi connectivity index (χ4v) is 3.49. The first-order chi connectivity index (χ1) is 11.6. The predicted octanol–water partition coefficient (Wildman–Crippen LogP) is 2.40. The molecular formula is C18H26IN3O2. The van der Waals surface area contributed by atoms with Crippen LogP contribution in [0.1, 0.15) is 43.0 Å². The van der Waals surface area contributed by atoms with Crippen LogP contribution in [0.15, 0.2) is 24.3 Å². The van der Waals surface area contributed by atoms with Crippen LogP contribution < -0.4 is 10.6 Å². The maximum absolute atomic E-state index is 12.1. The minimum absolute atomic E-state index is 0.0276. The van der Waals surface area contributed by atoms with Crippen LogP contribution in [0, 0.1) is 3.57 Å². The molecule has 1 heterocycles. The van der Waals surface area contributed by atoms with Gasteiger partial charge in [0.25, 0.3) is 5.91 Å². The van der Waals surface area contributed by atoms with Crippen molar-refractivity contribution in [1.82, 2.24) is 15.5 Å². The average Bonchev–Trinajstić information content (AvgIpc) is 2.59. The summed E-state index contributed by atoms with van der Waals surface area (Å²) in [5.41, 5.74) is 0.607. The summed E-state index contributed by atoms with van der Waals surface area (Å²) in [4.78, 5) is 26.6. The Balaban J connectivity index is 1.69. The minimum atomic E-state index is -0.204. The van der Waals surface area contributed by atoms with Crippen molar-refractivity contribution in [2.45, 2.75) is 38.6 Å². The van der Waals surface area contributed by atoms with E-state index >= 15 is 0 Å². The number of nitrogens with zero attached hydrogens (tertiary/aromatic N) is 1. The third-order valence-electron chi connectivity index (χ3n) is 4.31. The number of carbonyl (C=O) groups is 2. The highest BCUT2D eigenvalue weighted by atomic mass is 127. The summed E-state index contributed by atoms with van der Waals surface area (Å²) in [7, 11) is 0. The van der Waals surface area contributed by atoms with Gasteiger partial charge in [-0.15, -0.1) is 0 Å². The zero-order valence-corrected chi connectivity index (χ0v) is 16.3. The molecule has 1 aromatic rings. The van der Waals surface area contributed by atoms with Crippen LogP contribution in [-0.2, 0) is 4.79 Å². The molecule has 132 valence electrons. The summed E-state index contributed by atoms with van der Waals surface area (Å²) in [6, 6.07) is 7.58. The Bertz CT molecular complexity index is 557. The molecule has 1 aromatic carbocycles. The number of amides is 2. The molecule has 0 radical (unpaired) electrons. The van der Waals surface area contributed by atoms with E-state index in [4.69, 9.17) is 0 Å². The zero-order chi connectivity index (χ0) is 17.4. The molecule has 2 N–H and O–H groups in total. The first kappa shape index (κ1) is 19.2. The Kier molecular flexibility index (Phi) is 7.98. The third kappa shape index (κ3) is 6.05. The van der Waals surface area contributed by atoms with E-state index < -0.39 is 0 Å². The molecule has 1 aliphatic heterocycles. The lowest BCUT2D eigenvalue weighted by Gasteiger charge is -2.32. The van der Waals surface area contributed by atoms with Crippen LogP contribution in [0.5, 0.6) is 0 Å². The number of rotatable bonds is 7. The van der Waals surface area contributed by atoms with Crippen molar-refractivity contribution in [1.29, 1.82) is 0 Å². The van der Waals surface area contributed by atoms with E-state index in [0.29, 0.717) is 5.56 Å². The van der Waals surface area contributed by atoms with E-state index in [0.717, 1.165) is 36.0 Å². The lowest BCUT2D eigenvalue weighted by atomic mass is 10.0. The van der Waals surface area contributed by atoms with Crippen molar-refractivity contribution in [3.63, 3.8) is 0 Å². The molecule has 0 saturated carbocycles. The van der Waals surface area contributed by atoms with Gasteiger partial charge < -0.3 is 15.5 Å². The van der Waals surface area contributed by atoms with Gasteiger partial charge in [0.15, 0.2) is 0 Å². The molecule has 0 aromatic heterocycles. The number of piperidine rings is 1. The number of likely N-dealkylation sites (tertiary alicyclic amines) is 1. The third-order valence-corrected chi connectivity index (χ3v) is 5.25. The monoisotopic (exact) mass is 443 g/mol. The highest BCUT2D eigenvalue weighted by molar-refractivity contribution is 14.1. The smallest absolute Gasteiger partial charge is 0.252 e. The van der Waals surface area contributed by atoms with E-state index in [2.05, 4.69) is 45.0 Å². The van der Waals surface area contributed by atoms with E-state index in [1.165, 1.54) is 12.8 Å². The highest BCUT2D eigenvalue weighted by Crippen LogP contribution is 2.12. The van der Waals surface area contributed by atoms with Crippen LogP contribution in [0.4, 0.5) is 0 Å². The van der Waals surface area contributed by atoms with E-state index in [1.807, 2.05) is 18.2 Å². The molecule has 0 atom stereocenters. The van der Waals surface area contributed by atoms with Gasteiger partial charge in [-0.1, -0.05) is 25.5 Å². The summed E-state index contributed by atoms with van der Waals surface area (Å²) in [6.45, 7) is 5.47. The zero-order valence-electron chi connectivity index (χ0n) is 14.2. The molecule has 2 rings (SSSR count). The first-order valence-electron chi connectivity index (χ1n) is 8.64. The number of nitrogens with one attached hydrogen (secondary N) is 2. The molecule has 1 fully saturated rings. The van der Waals surface area contributed by atoms with Gasteiger partial charge in [-0.25, -0.2) is 0 Å². The summed E-state index contributed by atoms with van der Waals surface area (Å²) in [6.07, 6.45) is 4.43. The summed E-state index contributed by atoms with van der Waals surface area (Å²) >= 11 is 2.12. The molecule has 0 aliphatic carbocycles. The number of hydrogen-bond donors (Lipinski definition) is 2. The molecule has 0 unspecified atom stereocenters. The maximum Gasteiger partial charge on any atom is 0.252 e. The second-order valence-corrected chi connectivity index (χ2v) is 7.36. The summed E-state index contributed by atoms with van der Waals surface area (Å²) < 4.78 is 0.882. The van der Waals surface area contributed by atoms with Crippen molar-refractivity contribution in [2.75, 3.05) is 26.2 Å². The quantitative estimate of drug-likeness (QED) is 0.637. The number of halogens is 1. The lowest BCUT2D eigenvalue weighted by molar-refractivity contribution is -0.121. The van der Waals surface area contributed by atoms with Gasteiger partial charge in [-0.2, -0.15) is 0 Å². The molecule has 1 aliphatic rings. The Morgan fingerprint density at radius 1 is 1.25 bits per heavy atom. The second-order valence-electron chi connectivity index (χ2n) is 6.20. The van der Waals surface area contributed by atoms with Crippen molar-refractivity contribution in [3.05, 3.63) is 33.4 Å². The predicted molar refractivity (Wildman–Crippen MR) is 104 cm³/mol. The molecular weight excluding hydrogens is 417 g/mol. The number of benzene rings is 1. The van der Waals surface area contributed by atoms with Crippen molar-refractivity contribution < 1.29 is 9.59 Å². The SMILES string of the molecule is CCCCN1CCC(NC(=O)CNC(=O)c2ccccc2I)CC1. The van der Waals surface area contributed by atoms with Gasteiger partial charge >= 0.3 is 0 Å². The Labute approximate surface area is 157 Å². The summed E-state index contributed by atoms with van der Waals surface area (Å²) in [5.74, 6) is -0.314. The first-order valence-corrected chi connectivity index (χ1v) is 9.72. The number of unbranched alkanes of at least 4 members (excludes halogenated alkanes) is 1. The fourth-order valence-electron chi connectivity index (χ4n) is 2.86. The molecule has 6 heteroatoms. The Morgan fingerprint density at radius 2 is 1.96 bits per heavy atom. The van der Waals surface area contributed by atoms with Gasteiger partial charge in [-0.3, -0.25) is 9.59 Å². The molecule has 1 saturated heterocycles. The molecule has 0 bridgehead atoms. The van der Waals surface area contributed by atoms with E-state index in [1.54, 1.807) is 6.07 Å². The lowest BCUT2D eigenvalue weighted by Crippen LogP contribution is -2.47. The van der Waals surface area contributed by atoms with Gasteiger partial charge in [-0.05, 0) is 60.5 Å². The maximum atomic E-state index is 12.1. The van der Waals surface area contributed by atoms with Crippen LogP contribution in [0.25, 0.3) is 0 Å². The topological polar surface area (TPSA) is 61.4 Å². The van der Waals surface area contributed by atoms with Gasteiger partial charge in [0.1, 0.15) is 0 Å².